The maximum atomic E-state index is 12.8. The van der Waals surface area contributed by atoms with Gasteiger partial charge in [-0.05, 0) is 37.1 Å². The molecule has 3 heterocycles. The Morgan fingerprint density at radius 2 is 1.84 bits per heavy atom. The first-order valence-corrected chi connectivity index (χ1v) is 8.63. The zero-order chi connectivity index (χ0) is 17.2. The number of nitrogens with zero attached hydrogens (tertiary/aromatic N) is 4. The Kier molecular flexibility index (Phi) is 4.09. The number of carbonyl (C=O) groups excluding carboxylic acids is 1. The number of pyridine rings is 1. The van der Waals surface area contributed by atoms with Crippen LogP contribution in [0, 0.1) is 0 Å². The Bertz CT molecular complexity index is 895. The van der Waals surface area contributed by atoms with E-state index >= 15 is 0 Å². The minimum atomic E-state index is 0.0921. The Labute approximate surface area is 146 Å². The highest BCUT2D eigenvalue weighted by atomic mass is 16.2. The van der Waals surface area contributed by atoms with Crippen LogP contribution in [0.2, 0.25) is 0 Å². The van der Waals surface area contributed by atoms with Crippen LogP contribution in [0.25, 0.3) is 5.65 Å². The normalized spacial score (nSPS) is 15.5. The first-order chi connectivity index (χ1) is 12.3. The smallest absolute Gasteiger partial charge is 0.255 e. The number of rotatable bonds is 3. The molecule has 0 unspecified atom stereocenters. The van der Waals surface area contributed by atoms with E-state index in [0.717, 1.165) is 48.7 Å². The van der Waals surface area contributed by atoms with Crippen LogP contribution < -0.4 is 5.32 Å². The first kappa shape index (κ1) is 15.6. The summed E-state index contributed by atoms with van der Waals surface area (Å²) in [6, 6.07) is 13.6. The van der Waals surface area contributed by atoms with Crippen LogP contribution in [0.3, 0.4) is 0 Å². The van der Waals surface area contributed by atoms with Crippen molar-refractivity contribution in [2.75, 3.05) is 25.5 Å². The predicted octanol–water partition coefficient (Wildman–Crippen LogP) is 2.79. The highest BCUT2D eigenvalue weighted by Crippen LogP contribution is 2.28. The Hall–Kier alpha value is -2.89. The summed E-state index contributed by atoms with van der Waals surface area (Å²) in [7, 11) is 1.84. The van der Waals surface area contributed by atoms with Crippen molar-refractivity contribution in [1.29, 1.82) is 0 Å². The van der Waals surface area contributed by atoms with Crippen LogP contribution in [0.5, 0.6) is 0 Å². The second-order valence-corrected chi connectivity index (χ2v) is 6.35. The summed E-state index contributed by atoms with van der Waals surface area (Å²) in [5.74, 6) is 1.42. The highest BCUT2D eigenvalue weighted by molar-refractivity contribution is 5.99. The standard InChI is InChI=1S/C19H21N5O/c1-20-16-7-3-2-6-15(16)19(25)23-12-9-14(10-13-23)18-22-21-17-8-4-5-11-24(17)18/h2-8,11,14,20H,9-10,12-13H2,1H3. The molecule has 0 radical (unpaired) electrons. The molecule has 128 valence electrons. The van der Waals surface area contributed by atoms with Gasteiger partial charge < -0.3 is 10.2 Å². The molecular formula is C19H21N5O. The van der Waals surface area contributed by atoms with Gasteiger partial charge in [-0.2, -0.15) is 0 Å². The topological polar surface area (TPSA) is 62.5 Å². The van der Waals surface area contributed by atoms with Gasteiger partial charge in [-0.3, -0.25) is 9.20 Å². The number of hydrogen-bond donors (Lipinski definition) is 1. The summed E-state index contributed by atoms with van der Waals surface area (Å²) in [5.41, 5.74) is 2.48. The molecule has 4 rings (SSSR count). The lowest BCUT2D eigenvalue weighted by atomic mass is 9.95. The number of amides is 1. The first-order valence-electron chi connectivity index (χ1n) is 8.63. The lowest BCUT2D eigenvalue weighted by molar-refractivity contribution is 0.0712. The number of fused-ring (bicyclic) bond motifs is 1. The van der Waals surface area contributed by atoms with E-state index in [1.54, 1.807) is 0 Å². The summed E-state index contributed by atoms with van der Waals surface area (Å²) in [5, 5.41) is 11.7. The number of hydrogen-bond acceptors (Lipinski definition) is 4. The molecule has 3 aromatic rings. The van der Waals surface area contributed by atoms with E-state index in [1.165, 1.54) is 0 Å². The van der Waals surface area contributed by atoms with Gasteiger partial charge in [0.15, 0.2) is 5.65 Å². The fourth-order valence-electron chi connectivity index (χ4n) is 3.54. The van der Waals surface area contributed by atoms with E-state index in [-0.39, 0.29) is 5.91 Å². The van der Waals surface area contributed by atoms with Crippen molar-refractivity contribution in [3.05, 3.63) is 60.0 Å². The van der Waals surface area contributed by atoms with Gasteiger partial charge in [0.2, 0.25) is 0 Å². The monoisotopic (exact) mass is 335 g/mol. The SMILES string of the molecule is CNc1ccccc1C(=O)N1CCC(c2nnc3ccccn23)CC1. The van der Waals surface area contributed by atoms with E-state index in [4.69, 9.17) is 0 Å². The molecule has 1 aliphatic heterocycles. The lowest BCUT2D eigenvalue weighted by Gasteiger charge is -2.31. The molecule has 0 bridgehead atoms. The van der Waals surface area contributed by atoms with Crippen LogP contribution in [-0.4, -0.2) is 45.5 Å². The summed E-state index contributed by atoms with van der Waals surface area (Å²) in [6.07, 6.45) is 3.82. The molecule has 0 atom stereocenters. The fraction of sp³-hybridized carbons (Fsp3) is 0.316. The highest BCUT2D eigenvalue weighted by Gasteiger charge is 2.28. The molecule has 0 saturated carbocycles. The van der Waals surface area contributed by atoms with Gasteiger partial charge in [-0.25, -0.2) is 0 Å². The minimum absolute atomic E-state index is 0.0921. The zero-order valence-corrected chi connectivity index (χ0v) is 14.2. The maximum absolute atomic E-state index is 12.8. The van der Waals surface area contributed by atoms with Crippen LogP contribution in [-0.2, 0) is 0 Å². The van der Waals surface area contributed by atoms with Gasteiger partial charge in [0.05, 0.1) is 5.56 Å². The predicted molar refractivity (Wildman–Crippen MR) is 96.9 cm³/mol. The fourth-order valence-corrected chi connectivity index (χ4v) is 3.54. The second kappa shape index (κ2) is 6.55. The molecule has 1 fully saturated rings. The van der Waals surface area contributed by atoms with Crippen LogP contribution in [0.4, 0.5) is 5.69 Å². The number of likely N-dealkylation sites (tertiary alicyclic amines) is 1. The molecule has 0 spiro atoms. The van der Waals surface area contributed by atoms with Gasteiger partial charge in [-0.15, -0.1) is 10.2 Å². The van der Waals surface area contributed by atoms with Gasteiger partial charge in [0.25, 0.3) is 5.91 Å². The van der Waals surface area contributed by atoms with Gasteiger partial charge in [-0.1, -0.05) is 18.2 Å². The van der Waals surface area contributed by atoms with Crippen molar-refractivity contribution < 1.29 is 4.79 Å². The third kappa shape index (κ3) is 2.84. The van der Waals surface area contributed by atoms with Crippen molar-refractivity contribution in [2.45, 2.75) is 18.8 Å². The Morgan fingerprint density at radius 1 is 1.08 bits per heavy atom. The molecular weight excluding hydrogens is 314 g/mol. The average Bonchev–Trinajstić information content (AvgIpc) is 3.11. The Morgan fingerprint density at radius 3 is 2.64 bits per heavy atom. The molecule has 6 heteroatoms. The number of benzene rings is 1. The molecule has 2 aromatic heterocycles. The number of anilines is 1. The van der Waals surface area contributed by atoms with E-state index in [9.17, 15) is 4.79 Å². The minimum Gasteiger partial charge on any atom is -0.387 e. The van der Waals surface area contributed by atoms with Crippen molar-refractivity contribution in [3.63, 3.8) is 0 Å². The van der Waals surface area contributed by atoms with Crippen molar-refractivity contribution in [2.24, 2.45) is 0 Å². The molecule has 0 aliphatic carbocycles. The third-order valence-corrected chi connectivity index (χ3v) is 4.91. The molecule has 1 saturated heterocycles. The third-order valence-electron chi connectivity index (χ3n) is 4.91. The van der Waals surface area contributed by atoms with Crippen LogP contribution in [0.1, 0.15) is 34.9 Å². The molecule has 1 N–H and O–H groups in total. The zero-order valence-electron chi connectivity index (χ0n) is 14.2. The number of carbonyl (C=O) groups is 1. The molecule has 6 nitrogen and oxygen atoms in total. The summed E-state index contributed by atoms with van der Waals surface area (Å²) < 4.78 is 2.05. The van der Waals surface area contributed by atoms with Crippen molar-refractivity contribution >= 4 is 17.2 Å². The summed E-state index contributed by atoms with van der Waals surface area (Å²) in [4.78, 5) is 14.8. The molecule has 1 amide bonds. The lowest BCUT2D eigenvalue weighted by Crippen LogP contribution is -2.38. The van der Waals surface area contributed by atoms with E-state index in [0.29, 0.717) is 5.92 Å². The van der Waals surface area contributed by atoms with Crippen LogP contribution >= 0.6 is 0 Å². The number of nitrogens with one attached hydrogen (secondary N) is 1. The maximum Gasteiger partial charge on any atom is 0.255 e. The largest absolute Gasteiger partial charge is 0.387 e. The van der Waals surface area contributed by atoms with Crippen LogP contribution in [0.15, 0.2) is 48.7 Å². The van der Waals surface area contributed by atoms with Gasteiger partial charge in [0, 0.05) is 37.9 Å². The molecule has 1 aliphatic rings. The summed E-state index contributed by atoms with van der Waals surface area (Å²) in [6.45, 7) is 1.48. The van der Waals surface area contributed by atoms with E-state index in [1.807, 2.05) is 60.6 Å². The molecule has 25 heavy (non-hydrogen) atoms. The quantitative estimate of drug-likeness (QED) is 0.799. The number of para-hydroxylation sites is 1. The summed E-state index contributed by atoms with van der Waals surface area (Å²) >= 11 is 0. The average molecular weight is 335 g/mol. The second-order valence-electron chi connectivity index (χ2n) is 6.35. The Balaban J connectivity index is 1.49. The van der Waals surface area contributed by atoms with Crippen molar-refractivity contribution in [3.8, 4) is 0 Å². The van der Waals surface area contributed by atoms with E-state index in [2.05, 4.69) is 19.9 Å². The van der Waals surface area contributed by atoms with Gasteiger partial charge in [0.1, 0.15) is 5.82 Å². The van der Waals surface area contributed by atoms with E-state index < -0.39 is 0 Å². The molecule has 1 aromatic carbocycles. The van der Waals surface area contributed by atoms with Gasteiger partial charge >= 0.3 is 0 Å². The van der Waals surface area contributed by atoms with Crippen molar-refractivity contribution in [1.82, 2.24) is 19.5 Å². The number of aromatic nitrogens is 3. The number of piperidine rings is 1.